The number of rotatable bonds is 10. The first kappa shape index (κ1) is 28.5. The van der Waals surface area contributed by atoms with Gasteiger partial charge in [0.15, 0.2) is 16.6 Å². The molecule has 0 N–H and O–H groups in total. The van der Waals surface area contributed by atoms with Gasteiger partial charge in [0.1, 0.15) is 0 Å². The van der Waals surface area contributed by atoms with Gasteiger partial charge in [-0.05, 0) is 111 Å². The molecule has 2 atom stereocenters. The molecule has 5 heteroatoms. The molecule has 0 bridgehead atoms. The van der Waals surface area contributed by atoms with Gasteiger partial charge < -0.3 is 8.85 Å². The smallest absolute Gasteiger partial charge is 0.184 e. The van der Waals surface area contributed by atoms with Gasteiger partial charge in [0.05, 0.1) is 13.2 Å². The van der Waals surface area contributed by atoms with E-state index in [0.29, 0.717) is 11.8 Å². The third kappa shape index (κ3) is 6.56. The maximum absolute atomic E-state index is 6.31. The topological polar surface area (TPSA) is 18.5 Å². The van der Waals surface area contributed by atoms with E-state index < -0.39 is 16.6 Å². The van der Waals surface area contributed by atoms with E-state index in [4.69, 9.17) is 8.85 Å². The first-order valence-corrected chi connectivity index (χ1v) is 23.0. The molecule has 0 radical (unpaired) electrons. The second-order valence-corrected chi connectivity index (χ2v) is 24.2. The van der Waals surface area contributed by atoms with Gasteiger partial charge in [-0.15, -0.1) is 0 Å². The van der Waals surface area contributed by atoms with Crippen LogP contribution in [0.1, 0.15) is 70.2 Å². The third-order valence-electron chi connectivity index (χ3n) is 8.04. The standard InChI is InChI=1S/C32H48O2Si3/c1-21-11-13-25(17-33-36(5,6)7)27-15-23(3)29(31(21)27)19-35-20-30-24(4)16-28-26(18-34-37(8,9)10)14-12-22(2)32(28)30/h11-16,29-30H,17-20,35H2,1-10H3. The Labute approximate surface area is 230 Å². The van der Waals surface area contributed by atoms with Gasteiger partial charge >= 0.3 is 0 Å². The zero-order valence-electron chi connectivity index (χ0n) is 25.0. The monoisotopic (exact) mass is 548 g/mol. The summed E-state index contributed by atoms with van der Waals surface area (Å²) >= 11 is 0. The van der Waals surface area contributed by atoms with Crippen LogP contribution in [0.3, 0.4) is 0 Å². The molecule has 2 aromatic rings. The van der Waals surface area contributed by atoms with Crippen LogP contribution in [0.2, 0.25) is 51.4 Å². The van der Waals surface area contributed by atoms with E-state index >= 15 is 0 Å². The summed E-state index contributed by atoms with van der Waals surface area (Å²) in [5, 5.41) is 0. The van der Waals surface area contributed by atoms with E-state index in [2.05, 4.69) is 103 Å². The lowest BCUT2D eigenvalue weighted by Crippen LogP contribution is -2.25. The summed E-state index contributed by atoms with van der Waals surface area (Å²) < 4.78 is 12.6. The zero-order chi connectivity index (χ0) is 27.1. The fourth-order valence-electron chi connectivity index (χ4n) is 6.07. The van der Waals surface area contributed by atoms with E-state index in [9.17, 15) is 0 Å². The molecule has 0 aliphatic heterocycles. The molecule has 0 fully saturated rings. The average molecular weight is 549 g/mol. The summed E-state index contributed by atoms with van der Waals surface area (Å²) in [7, 11) is -3.33. The second-order valence-electron chi connectivity index (χ2n) is 13.4. The van der Waals surface area contributed by atoms with Crippen LogP contribution in [-0.4, -0.2) is 26.2 Å². The van der Waals surface area contributed by atoms with Crippen molar-refractivity contribution in [3.8, 4) is 0 Å². The molecule has 0 heterocycles. The van der Waals surface area contributed by atoms with Crippen molar-refractivity contribution in [1.29, 1.82) is 0 Å². The normalized spacial score (nSPS) is 19.4. The molecule has 37 heavy (non-hydrogen) atoms. The number of hydrogen-bond acceptors (Lipinski definition) is 2. The Morgan fingerprint density at radius 1 is 0.622 bits per heavy atom. The summed E-state index contributed by atoms with van der Waals surface area (Å²) in [6, 6.07) is 12.0. The number of fused-ring (bicyclic) bond motifs is 2. The van der Waals surface area contributed by atoms with E-state index in [-0.39, 0.29) is 9.52 Å². The van der Waals surface area contributed by atoms with Crippen molar-refractivity contribution in [1.82, 2.24) is 0 Å². The van der Waals surface area contributed by atoms with Crippen LogP contribution < -0.4 is 0 Å². The Morgan fingerprint density at radius 3 is 1.35 bits per heavy atom. The van der Waals surface area contributed by atoms with Crippen molar-refractivity contribution < 1.29 is 8.85 Å². The van der Waals surface area contributed by atoms with Gasteiger partial charge in [-0.25, -0.2) is 0 Å². The lowest BCUT2D eigenvalue weighted by atomic mass is 9.92. The van der Waals surface area contributed by atoms with Crippen molar-refractivity contribution in [2.75, 3.05) is 0 Å². The van der Waals surface area contributed by atoms with Crippen LogP contribution in [0.15, 0.2) is 35.4 Å². The highest BCUT2D eigenvalue weighted by Crippen LogP contribution is 2.45. The maximum atomic E-state index is 6.31. The second kappa shape index (κ2) is 10.9. The average Bonchev–Trinajstić information content (AvgIpc) is 3.29. The number of aryl methyl sites for hydroxylation is 2. The number of benzene rings is 2. The third-order valence-corrected chi connectivity index (χ3v) is 12.0. The van der Waals surface area contributed by atoms with Crippen molar-refractivity contribution >= 4 is 38.3 Å². The molecule has 4 rings (SSSR count). The minimum Gasteiger partial charge on any atom is -0.413 e. The fourth-order valence-corrected chi connectivity index (χ4v) is 9.79. The summed E-state index contributed by atoms with van der Waals surface area (Å²) in [5.41, 5.74) is 14.8. The molecule has 2 nitrogen and oxygen atoms in total. The van der Waals surface area contributed by atoms with Crippen LogP contribution in [-0.2, 0) is 22.1 Å². The van der Waals surface area contributed by atoms with E-state index in [1.54, 1.807) is 22.3 Å². The molecule has 2 unspecified atom stereocenters. The highest BCUT2D eigenvalue weighted by Gasteiger charge is 2.30. The molecule has 0 spiro atoms. The van der Waals surface area contributed by atoms with Gasteiger partial charge in [0.2, 0.25) is 0 Å². The first-order valence-electron chi connectivity index (χ1n) is 14.1. The molecule has 0 aromatic heterocycles. The van der Waals surface area contributed by atoms with Crippen molar-refractivity contribution in [3.05, 3.63) is 79.9 Å². The summed E-state index contributed by atoms with van der Waals surface area (Å²) in [4.78, 5) is 0. The molecular formula is C32H48O2Si3. The molecule has 2 aromatic carbocycles. The Bertz CT molecular complexity index is 1130. The van der Waals surface area contributed by atoms with Gasteiger partial charge in [-0.1, -0.05) is 59.7 Å². The van der Waals surface area contributed by atoms with Crippen molar-refractivity contribution in [2.24, 2.45) is 0 Å². The maximum Gasteiger partial charge on any atom is 0.184 e. The van der Waals surface area contributed by atoms with Crippen LogP contribution in [0.5, 0.6) is 0 Å². The molecule has 0 saturated carbocycles. The van der Waals surface area contributed by atoms with E-state index in [1.807, 2.05) is 0 Å². The Kier molecular flexibility index (Phi) is 8.42. The fraction of sp³-hybridized carbons (Fsp3) is 0.500. The number of hydrogen-bond donors (Lipinski definition) is 0. The summed E-state index contributed by atoms with van der Waals surface area (Å²) in [6.07, 6.45) is 4.94. The minimum absolute atomic E-state index is 0.245. The van der Waals surface area contributed by atoms with Gasteiger partial charge in [0.25, 0.3) is 0 Å². The summed E-state index contributed by atoms with van der Waals surface area (Å²) in [6.45, 7) is 24.5. The highest BCUT2D eigenvalue weighted by molar-refractivity contribution is 6.70. The number of allylic oxidation sites excluding steroid dienone is 2. The first-order chi connectivity index (χ1) is 17.2. The minimum atomic E-state index is -1.54. The van der Waals surface area contributed by atoms with Crippen molar-refractivity contribution in [3.63, 3.8) is 0 Å². The van der Waals surface area contributed by atoms with Crippen LogP contribution in [0, 0.1) is 13.8 Å². The zero-order valence-corrected chi connectivity index (χ0v) is 28.4. The van der Waals surface area contributed by atoms with Gasteiger partial charge in [-0.3, -0.25) is 0 Å². The molecule has 2 aliphatic rings. The molecule has 2 aliphatic carbocycles. The lowest BCUT2D eigenvalue weighted by molar-refractivity contribution is 0.299. The van der Waals surface area contributed by atoms with Gasteiger partial charge in [0, 0.05) is 21.4 Å². The molecular weight excluding hydrogens is 501 g/mol. The quantitative estimate of drug-likeness (QED) is 0.276. The van der Waals surface area contributed by atoms with Crippen molar-refractivity contribution in [2.45, 2.75) is 104 Å². The summed E-state index contributed by atoms with van der Waals surface area (Å²) in [5.74, 6) is 1.19. The highest BCUT2D eigenvalue weighted by atomic mass is 28.4. The van der Waals surface area contributed by atoms with E-state index in [1.165, 1.54) is 45.5 Å². The predicted molar refractivity (Wildman–Crippen MR) is 170 cm³/mol. The van der Waals surface area contributed by atoms with Crippen LogP contribution in [0.25, 0.3) is 12.2 Å². The van der Waals surface area contributed by atoms with Crippen LogP contribution in [0.4, 0.5) is 0 Å². The SMILES string of the molecule is CC1=Cc2c(CO[Si](C)(C)C)ccc(C)c2C1C[SiH2]CC1C(C)=Cc2c(CO[Si](C)(C)C)ccc(C)c21. The Balaban J connectivity index is 1.48. The molecule has 200 valence electrons. The Morgan fingerprint density at radius 2 is 1.00 bits per heavy atom. The Hall–Kier alpha value is -1.51. The molecule has 0 amide bonds. The van der Waals surface area contributed by atoms with Crippen LogP contribution >= 0.6 is 0 Å². The predicted octanol–water partition coefficient (Wildman–Crippen LogP) is 8.71. The van der Waals surface area contributed by atoms with Gasteiger partial charge in [-0.2, -0.15) is 0 Å². The van der Waals surface area contributed by atoms with E-state index in [0.717, 1.165) is 13.2 Å². The largest absolute Gasteiger partial charge is 0.413 e. The lowest BCUT2D eigenvalue weighted by Gasteiger charge is -2.22. The molecule has 0 saturated heterocycles.